The zero-order chi connectivity index (χ0) is 49.2. The van der Waals surface area contributed by atoms with Crippen LogP contribution in [0, 0.1) is 11.8 Å². The topological polar surface area (TPSA) is 489 Å². The Kier molecular flexibility index (Phi) is 32.3. The zero-order valence-corrected chi connectivity index (χ0v) is 41.0. The van der Waals surface area contributed by atoms with Crippen LogP contribution < -0.4 is 5.32 Å². The van der Waals surface area contributed by atoms with E-state index >= 15 is 0 Å². The maximum absolute atomic E-state index is 12.0. The Hall–Kier alpha value is 0.800. The van der Waals surface area contributed by atoms with Crippen LogP contribution in [0.1, 0.15) is 13.3 Å². The van der Waals surface area contributed by atoms with Crippen molar-refractivity contribution in [3.63, 3.8) is 0 Å². The summed E-state index contributed by atoms with van der Waals surface area (Å²) in [7, 11) is -37.0. The van der Waals surface area contributed by atoms with E-state index in [1.54, 1.807) is 14.0 Å². The molecule has 0 fully saturated rings. The third-order valence-corrected chi connectivity index (χ3v) is 13.8. The van der Waals surface area contributed by atoms with Gasteiger partial charge in [0.15, 0.2) is 0 Å². The average molecular weight is 1110 g/mol. The number of aliphatic hydroxyl groups excluding tert-OH is 1. The lowest BCUT2D eigenvalue weighted by Crippen LogP contribution is -2.25. The fourth-order valence-corrected chi connectivity index (χ4v) is 8.83. The fourth-order valence-electron chi connectivity index (χ4n) is 3.44. The van der Waals surface area contributed by atoms with Gasteiger partial charge in [-0.3, -0.25) is 67.9 Å². The maximum atomic E-state index is 12.0. The van der Waals surface area contributed by atoms with Crippen molar-refractivity contribution < 1.29 is 154 Å². The first-order valence-electron chi connectivity index (χ1n) is 17.7. The van der Waals surface area contributed by atoms with Gasteiger partial charge >= 0.3 is 62.6 Å². The molecule has 0 radical (unpaired) electrons. The first kappa shape index (κ1) is 64.8. The van der Waals surface area contributed by atoms with Crippen LogP contribution in [0.2, 0.25) is 0 Å². The van der Waals surface area contributed by atoms with E-state index < -0.39 is 167 Å². The van der Waals surface area contributed by atoms with Gasteiger partial charge in [-0.15, -0.1) is 0 Å². The van der Waals surface area contributed by atoms with Gasteiger partial charge in [0.1, 0.15) is 0 Å². The SMILES string of the molecule is CCC(COP(=O)(O)O)COP(=O)(O)OCCOP(=O)(O)OCCOP(=O)(O)OCCOP(=O)(O)OCCOP(=O)(O)OCCOP(=O)(O)OCCOP(=O)(O)OCC(CO)CNC. The first-order chi connectivity index (χ1) is 29.4. The van der Waals surface area contributed by atoms with Gasteiger partial charge in [0, 0.05) is 25.0 Å². The highest BCUT2D eigenvalue weighted by atomic mass is 31.2. The maximum Gasteiger partial charge on any atom is 0.472 e. The zero-order valence-electron chi connectivity index (χ0n) is 33.8. The smallest absolute Gasteiger partial charge is 0.396 e. The van der Waals surface area contributed by atoms with E-state index in [1.807, 2.05) is 0 Å². The molecule has 64 heavy (non-hydrogen) atoms. The van der Waals surface area contributed by atoms with Crippen molar-refractivity contribution in [2.75, 3.05) is 119 Å². The number of hydrogen-bond acceptors (Lipinski definition) is 25. The van der Waals surface area contributed by atoms with Gasteiger partial charge < -0.3 is 54.5 Å². The number of rotatable bonds is 43. The monoisotopic (exact) mass is 1110 g/mol. The summed E-state index contributed by atoms with van der Waals surface area (Å²) in [5.74, 6) is -1.22. The molecule has 0 saturated heterocycles. The van der Waals surface area contributed by atoms with E-state index in [9.17, 15) is 70.8 Å². The molecule has 0 aliphatic heterocycles. The molecule has 0 amide bonds. The number of nitrogens with one attached hydrogen (secondary N) is 1. The molecule has 0 heterocycles. The van der Waals surface area contributed by atoms with Crippen LogP contribution in [-0.2, 0) is 104 Å². The molecule has 0 aromatic carbocycles. The Morgan fingerprint density at radius 3 is 0.750 bits per heavy atom. The summed E-state index contributed by atoms with van der Waals surface area (Å²) in [5, 5.41) is 11.9. The number of phosphoric acid groups is 8. The predicted octanol–water partition coefficient (Wildman–Crippen LogP) is 0.885. The molecule has 0 saturated carbocycles. The highest BCUT2D eigenvalue weighted by molar-refractivity contribution is 7.49. The predicted molar refractivity (Wildman–Crippen MR) is 208 cm³/mol. The summed E-state index contributed by atoms with van der Waals surface area (Å²) in [6.07, 6.45) is 0.236. The molecular formula is C22H55NO33P8. The van der Waals surface area contributed by atoms with Gasteiger partial charge in [0.05, 0.1) is 99.1 Å². The minimum atomic E-state index is -4.92. The largest absolute Gasteiger partial charge is 0.472 e. The summed E-state index contributed by atoms with van der Waals surface area (Å²) in [5.41, 5.74) is 0. The van der Waals surface area contributed by atoms with Crippen LogP contribution >= 0.6 is 62.6 Å². The molecular weight excluding hydrogens is 1050 g/mol. The number of aliphatic hydroxyl groups is 1. The Morgan fingerprint density at radius 2 is 0.562 bits per heavy atom. The highest BCUT2D eigenvalue weighted by Crippen LogP contribution is 2.50. The minimum absolute atomic E-state index is 0.236. The van der Waals surface area contributed by atoms with Crippen molar-refractivity contribution in [2.24, 2.45) is 11.8 Å². The summed E-state index contributed by atoms with van der Waals surface area (Å²) in [6.45, 7) is -9.72. The summed E-state index contributed by atoms with van der Waals surface area (Å²) >= 11 is 0. The fraction of sp³-hybridized carbons (Fsp3) is 1.00. The van der Waals surface area contributed by atoms with Gasteiger partial charge in [-0.05, 0) is 13.5 Å². The van der Waals surface area contributed by atoms with Gasteiger partial charge in [0.2, 0.25) is 0 Å². The lowest BCUT2D eigenvalue weighted by atomic mass is 10.1. The van der Waals surface area contributed by atoms with Crippen LogP contribution in [0.5, 0.6) is 0 Å². The molecule has 0 aliphatic carbocycles. The van der Waals surface area contributed by atoms with E-state index in [-0.39, 0.29) is 26.2 Å². The molecule has 0 spiro atoms. The molecule has 0 rings (SSSR count). The summed E-state index contributed by atoms with van der Waals surface area (Å²) in [4.78, 5) is 85.0. The Morgan fingerprint density at radius 1 is 0.359 bits per heavy atom. The molecule has 0 bridgehead atoms. The minimum Gasteiger partial charge on any atom is -0.396 e. The van der Waals surface area contributed by atoms with Crippen molar-refractivity contribution >= 4 is 62.6 Å². The van der Waals surface area contributed by atoms with Crippen molar-refractivity contribution in [1.29, 1.82) is 0 Å². The van der Waals surface area contributed by atoms with Crippen LogP contribution in [0.3, 0.4) is 0 Å². The van der Waals surface area contributed by atoms with Crippen LogP contribution in [0.15, 0.2) is 0 Å². The Bertz CT molecular complexity index is 1700. The Labute approximate surface area is 365 Å². The second kappa shape index (κ2) is 31.9. The molecule has 0 aromatic heterocycles. The standard InChI is InChI=1S/C22H55NO33P8/c1-3-21(18-54-57(25,26)27)19-55-63(38,39)52-14-12-50-61(34,35)48-10-8-46-59(30,31)44-6-4-42-58(28,29)43-5-7-45-60(32,33)47-9-11-49-62(36,37)51-13-15-53-64(40,41)56-20-22(17-24)16-23-2/h21-24H,3-20H2,1-2H3,(H,28,29)(H,30,31)(H,32,33)(H,34,35)(H,36,37)(H,38,39)(H,40,41)(H2,25,26,27). The van der Waals surface area contributed by atoms with E-state index in [0.29, 0.717) is 0 Å². The molecule has 386 valence electrons. The second-order valence-electron chi connectivity index (χ2n) is 11.5. The van der Waals surface area contributed by atoms with E-state index in [2.05, 4.69) is 68.6 Å². The third-order valence-electron chi connectivity index (χ3n) is 6.31. The molecule has 11 N–H and O–H groups in total. The van der Waals surface area contributed by atoms with Crippen LogP contribution in [0.25, 0.3) is 0 Å². The third kappa shape index (κ3) is 37.7. The van der Waals surface area contributed by atoms with Gasteiger partial charge in [-0.2, -0.15) is 0 Å². The molecule has 0 aliphatic rings. The lowest BCUT2D eigenvalue weighted by molar-refractivity contribution is 0.0708. The van der Waals surface area contributed by atoms with E-state index in [0.717, 1.165) is 0 Å². The van der Waals surface area contributed by atoms with E-state index in [4.69, 9.17) is 19.4 Å². The summed E-state index contributed by atoms with van der Waals surface area (Å²) < 4.78 is 162. The first-order valence-corrected chi connectivity index (χ1v) is 29.7. The van der Waals surface area contributed by atoms with E-state index in [1.165, 1.54) is 0 Å². The van der Waals surface area contributed by atoms with Crippen LogP contribution in [0.4, 0.5) is 0 Å². The number of phosphoric ester groups is 8. The number of hydrogen-bond donors (Lipinski definition) is 11. The van der Waals surface area contributed by atoms with Crippen molar-refractivity contribution in [1.82, 2.24) is 5.32 Å². The van der Waals surface area contributed by atoms with Crippen molar-refractivity contribution in [3.05, 3.63) is 0 Å². The quantitative estimate of drug-likeness (QED) is 0.0298. The Balaban J connectivity index is 4.25. The second-order valence-corrected chi connectivity index (χ2v) is 23.0. The molecule has 9 atom stereocenters. The van der Waals surface area contributed by atoms with Gasteiger partial charge in [-0.25, -0.2) is 36.5 Å². The molecule has 9 unspecified atom stereocenters. The molecule has 42 heteroatoms. The highest BCUT2D eigenvalue weighted by Gasteiger charge is 2.30. The summed E-state index contributed by atoms with van der Waals surface area (Å²) in [6, 6.07) is 0. The molecule has 0 aromatic rings. The molecule has 34 nitrogen and oxygen atoms in total. The van der Waals surface area contributed by atoms with Gasteiger partial charge in [0.25, 0.3) is 0 Å². The normalized spacial score (nSPS) is 20.1. The van der Waals surface area contributed by atoms with Crippen molar-refractivity contribution in [2.45, 2.75) is 13.3 Å². The lowest BCUT2D eigenvalue weighted by Gasteiger charge is -2.18. The van der Waals surface area contributed by atoms with Crippen molar-refractivity contribution in [3.8, 4) is 0 Å². The average Bonchev–Trinajstić information content (AvgIpc) is 3.17. The van der Waals surface area contributed by atoms with Crippen LogP contribution in [-0.4, -0.2) is 168 Å². The van der Waals surface area contributed by atoms with Gasteiger partial charge in [-0.1, -0.05) is 6.92 Å².